The Balaban J connectivity index is 2.36. The molecule has 1 unspecified atom stereocenters. The molecule has 1 atom stereocenters. The maximum atomic E-state index is 13.0. The molecule has 0 aromatic carbocycles. The predicted octanol–water partition coefficient (Wildman–Crippen LogP) is 2.68. The normalized spacial score (nSPS) is 20.6. The van der Waals surface area contributed by atoms with Gasteiger partial charge in [-0.15, -0.1) is 0 Å². The Hall–Kier alpha value is -1.62. The number of nitrogens with one attached hydrogen (secondary N) is 1. The Morgan fingerprint density at radius 3 is 2.57 bits per heavy atom. The SMILES string of the molecule is CCCc1c(C(=O)N2CCC(N)C(C)(C)C2)[nH]c(C)c1C(C)=O. The van der Waals surface area contributed by atoms with E-state index in [0.29, 0.717) is 24.3 Å². The highest BCUT2D eigenvalue weighted by Gasteiger charge is 2.36. The van der Waals surface area contributed by atoms with Gasteiger partial charge in [0, 0.05) is 30.4 Å². The van der Waals surface area contributed by atoms with E-state index in [1.54, 1.807) is 6.92 Å². The maximum Gasteiger partial charge on any atom is 0.270 e. The molecule has 0 radical (unpaired) electrons. The molecule has 1 amide bonds. The van der Waals surface area contributed by atoms with Crippen LogP contribution in [0.1, 0.15) is 72.6 Å². The summed E-state index contributed by atoms with van der Waals surface area (Å²) >= 11 is 0. The molecule has 1 aromatic heterocycles. The van der Waals surface area contributed by atoms with Crippen LogP contribution >= 0.6 is 0 Å². The second kappa shape index (κ2) is 6.48. The van der Waals surface area contributed by atoms with Gasteiger partial charge in [-0.25, -0.2) is 0 Å². The third kappa shape index (κ3) is 3.34. The van der Waals surface area contributed by atoms with E-state index in [-0.39, 0.29) is 23.1 Å². The van der Waals surface area contributed by atoms with Crippen molar-refractivity contribution in [1.82, 2.24) is 9.88 Å². The number of piperidine rings is 1. The highest BCUT2D eigenvalue weighted by Crippen LogP contribution is 2.30. The van der Waals surface area contributed by atoms with Gasteiger partial charge in [-0.3, -0.25) is 9.59 Å². The first-order chi connectivity index (χ1) is 10.7. The summed E-state index contributed by atoms with van der Waals surface area (Å²) in [5.41, 5.74) is 9.00. The highest BCUT2D eigenvalue weighted by molar-refractivity contribution is 6.02. The van der Waals surface area contributed by atoms with Gasteiger partial charge in [-0.05, 0) is 37.7 Å². The number of rotatable bonds is 4. The van der Waals surface area contributed by atoms with Crippen LogP contribution in [0.25, 0.3) is 0 Å². The van der Waals surface area contributed by atoms with Gasteiger partial charge >= 0.3 is 0 Å². The number of carbonyl (C=O) groups is 2. The largest absolute Gasteiger partial charge is 0.354 e. The molecule has 128 valence electrons. The van der Waals surface area contributed by atoms with Gasteiger partial charge in [0.2, 0.25) is 0 Å². The van der Waals surface area contributed by atoms with Crippen LogP contribution in [0, 0.1) is 12.3 Å². The number of hydrogen-bond acceptors (Lipinski definition) is 3. The van der Waals surface area contributed by atoms with E-state index in [2.05, 4.69) is 25.8 Å². The number of aryl methyl sites for hydroxylation is 1. The van der Waals surface area contributed by atoms with Gasteiger partial charge in [0.05, 0.1) is 0 Å². The fraction of sp³-hybridized carbons (Fsp3) is 0.667. The molecule has 0 spiro atoms. The number of likely N-dealkylation sites (tertiary alicyclic amines) is 1. The number of aromatic amines is 1. The maximum absolute atomic E-state index is 13.0. The number of Topliss-reactive ketones (excluding diaryl/α,β-unsaturated/α-hetero) is 1. The minimum Gasteiger partial charge on any atom is -0.354 e. The molecule has 1 saturated heterocycles. The van der Waals surface area contributed by atoms with Crippen molar-refractivity contribution in [2.75, 3.05) is 13.1 Å². The van der Waals surface area contributed by atoms with Crippen LogP contribution in [0.15, 0.2) is 0 Å². The van der Waals surface area contributed by atoms with E-state index >= 15 is 0 Å². The topological polar surface area (TPSA) is 79.2 Å². The summed E-state index contributed by atoms with van der Waals surface area (Å²) in [5, 5.41) is 0. The van der Waals surface area contributed by atoms with Crippen LogP contribution in [-0.2, 0) is 6.42 Å². The summed E-state index contributed by atoms with van der Waals surface area (Å²) in [6.45, 7) is 11.0. The molecule has 5 heteroatoms. The van der Waals surface area contributed by atoms with Crippen LogP contribution in [-0.4, -0.2) is 40.7 Å². The summed E-state index contributed by atoms with van der Waals surface area (Å²) < 4.78 is 0. The Morgan fingerprint density at radius 2 is 2.04 bits per heavy atom. The predicted molar refractivity (Wildman–Crippen MR) is 91.8 cm³/mol. The number of ketones is 1. The van der Waals surface area contributed by atoms with E-state index in [0.717, 1.165) is 30.5 Å². The van der Waals surface area contributed by atoms with Gasteiger partial charge in [-0.1, -0.05) is 27.2 Å². The van der Waals surface area contributed by atoms with Crippen molar-refractivity contribution in [2.24, 2.45) is 11.1 Å². The van der Waals surface area contributed by atoms with Crippen molar-refractivity contribution in [1.29, 1.82) is 0 Å². The standard InChI is InChI=1S/C18H29N3O2/c1-6-7-13-15(12(3)22)11(2)20-16(13)17(23)21-9-8-14(19)18(4,5)10-21/h14,20H,6-10,19H2,1-5H3. The molecule has 23 heavy (non-hydrogen) atoms. The summed E-state index contributed by atoms with van der Waals surface area (Å²) in [6, 6.07) is 0.111. The zero-order valence-corrected chi connectivity index (χ0v) is 15.0. The van der Waals surface area contributed by atoms with Crippen molar-refractivity contribution in [2.45, 2.75) is 59.9 Å². The number of H-pyrrole nitrogens is 1. The Bertz CT molecular complexity index is 616. The Morgan fingerprint density at radius 1 is 1.39 bits per heavy atom. The zero-order chi connectivity index (χ0) is 17.4. The summed E-state index contributed by atoms with van der Waals surface area (Å²) in [6.07, 6.45) is 2.44. The van der Waals surface area contributed by atoms with E-state index in [4.69, 9.17) is 5.73 Å². The number of amides is 1. The first kappa shape index (κ1) is 17.7. The fourth-order valence-electron chi connectivity index (χ4n) is 3.54. The van der Waals surface area contributed by atoms with Crippen molar-refractivity contribution >= 4 is 11.7 Å². The second-order valence-corrected chi connectivity index (χ2v) is 7.40. The molecule has 1 fully saturated rings. The molecule has 1 aromatic rings. The lowest BCUT2D eigenvalue weighted by Crippen LogP contribution is -2.54. The van der Waals surface area contributed by atoms with Crippen LogP contribution in [0.4, 0.5) is 0 Å². The minimum absolute atomic E-state index is 0.0102. The molecular formula is C18H29N3O2. The van der Waals surface area contributed by atoms with Crippen molar-refractivity contribution in [3.63, 3.8) is 0 Å². The van der Waals surface area contributed by atoms with E-state index in [1.165, 1.54) is 0 Å². The molecule has 3 N–H and O–H groups in total. The lowest BCUT2D eigenvalue weighted by molar-refractivity contribution is 0.0527. The molecule has 0 bridgehead atoms. The van der Waals surface area contributed by atoms with Gasteiger partial charge in [-0.2, -0.15) is 0 Å². The number of carbonyl (C=O) groups excluding carboxylic acids is 2. The molecule has 1 aliphatic rings. The molecular weight excluding hydrogens is 290 g/mol. The average Bonchev–Trinajstić information content (AvgIpc) is 2.78. The van der Waals surface area contributed by atoms with Crippen LogP contribution in [0.5, 0.6) is 0 Å². The second-order valence-electron chi connectivity index (χ2n) is 7.40. The number of aromatic nitrogens is 1. The van der Waals surface area contributed by atoms with E-state index in [1.807, 2.05) is 11.8 Å². The van der Waals surface area contributed by atoms with Crippen LogP contribution < -0.4 is 5.73 Å². The Labute approximate surface area is 138 Å². The van der Waals surface area contributed by atoms with Crippen molar-refractivity contribution < 1.29 is 9.59 Å². The third-order valence-electron chi connectivity index (χ3n) is 4.96. The van der Waals surface area contributed by atoms with Gasteiger partial charge in [0.15, 0.2) is 5.78 Å². The summed E-state index contributed by atoms with van der Waals surface area (Å²) in [4.78, 5) is 30.0. The van der Waals surface area contributed by atoms with Crippen molar-refractivity contribution in [3.8, 4) is 0 Å². The molecule has 0 saturated carbocycles. The average molecular weight is 319 g/mol. The minimum atomic E-state index is -0.0934. The molecule has 2 rings (SSSR count). The smallest absolute Gasteiger partial charge is 0.270 e. The first-order valence-corrected chi connectivity index (χ1v) is 8.46. The fourth-order valence-corrected chi connectivity index (χ4v) is 3.54. The van der Waals surface area contributed by atoms with Crippen LogP contribution in [0.3, 0.4) is 0 Å². The zero-order valence-electron chi connectivity index (χ0n) is 15.0. The van der Waals surface area contributed by atoms with Crippen LogP contribution in [0.2, 0.25) is 0 Å². The molecule has 5 nitrogen and oxygen atoms in total. The quantitative estimate of drug-likeness (QED) is 0.837. The summed E-state index contributed by atoms with van der Waals surface area (Å²) in [7, 11) is 0. The number of hydrogen-bond donors (Lipinski definition) is 2. The van der Waals surface area contributed by atoms with Gasteiger partial charge < -0.3 is 15.6 Å². The molecule has 1 aliphatic heterocycles. The van der Waals surface area contributed by atoms with E-state index < -0.39 is 0 Å². The van der Waals surface area contributed by atoms with Crippen molar-refractivity contribution in [3.05, 3.63) is 22.5 Å². The first-order valence-electron chi connectivity index (χ1n) is 8.46. The van der Waals surface area contributed by atoms with Gasteiger partial charge in [0.1, 0.15) is 5.69 Å². The molecule has 0 aliphatic carbocycles. The number of nitrogens with zero attached hydrogens (tertiary/aromatic N) is 1. The lowest BCUT2D eigenvalue weighted by Gasteiger charge is -2.42. The third-order valence-corrected chi connectivity index (χ3v) is 4.96. The lowest BCUT2D eigenvalue weighted by atomic mass is 9.79. The molecule has 2 heterocycles. The summed E-state index contributed by atoms with van der Waals surface area (Å²) in [5.74, 6) is 0.00581. The van der Waals surface area contributed by atoms with E-state index in [9.17, 15) is 9.59 Å². The Kier molecular flexibility index (Phi) is 4.99. The number of nitrogens with two attached hydrogens (primary N) is 1. The highest BCUT2D eigenvalue weighted by atomic mass is 16.2. The van der Waals surface area contributed by atoms with Gasteiger partial charge in [0.25, 0.3) is 5.91 Å². The monoisotopic (exact) mass is 319 g/mol.